The molecule has 0 N–H and O–H groups in total. The number of nitrogens with zero attached hydrogens (tertiary/aromatic N) is 1. The molecule has 0 aliphatic heterocycles. The van der Waals surface area contributed by atoms with E-state index in [2.05, 4.69) is 56.9 Å². The van der Waals surface area contributed by atoms with E-state index in [9.17, 15) is 0 Å². The monoisotopic (exact) mass is 445 g/mol. The van der Waals surface area contributed by atoms with Crippen LogP contribution in [0, 0.1) is 34.5 Å². The van der Waals surface area contributed by atoms with Crippen LogP contribution in [-0.2, 0) is 4.74 Å². The van der Waals surface area contributed by atoms with Gasteiger partial charge in [-0.1, -0.05) is 26.0 Å². The van der Waals surface area contributed by atoms with Gasteiger partial charge in [-0.05, 0) is 135 Å². The molecule has 0 saturated heterocycles. The maximum absolute atomic E-state index is 6.30. The normalized spacial score (nSPS) is 42.7. The SMILES string of the molecule is CC(C)O[C@H]1CC[C@@]2(C)[C@@H](CC[C@@H]3[C@@H]2CC[C@]2(C)[C@@H](c4ccc5ccncc5c4)CC[C@@H]32)C1. The number of hydrogen-bond acceptors (Lipinski definition) is 2. The Bertz CT molecular complexity index is 1010. The molecule has 4 aliphatic rings. The van der Waals surface area contributed by atoms with Crippen LogP contribution in [0.4, 0.5) is 0 Å². The lowest BCUT2D eigenvalue weighted by Gasteiger charge is -2.61. The zero-order valence-corrected chi connectivity index (χ0v) is 21.2. The van der Waals surface area contributed by atoms with Gasteiger partial charge in [-0.3, -0.25) is 4.98 Å². The summed E-state index contributed by atoms with van der Waals surface area (Å²) in [7, 11) is 0. The van der Waals surface area contributed by atoms with Crippen molar-refractivity contribution in [1.82, 2.24) is 4.98 Å². The first kappa shape index (κ1) is 22.1. The minimum atomic E-state index is 0.368. The molecule has 0 spiro atoms. The third-order valence-electron chi connectivity index (χ3n) is 11.1. The Hall–Kier alpha value is -1.41. The first-order chi connectivity index (χ1) is 15.9. The molecule has 0 bridgehead atoms. The third-order valence-corrected chi connectivity index (χ3v) is 11.1. The van der Waals surface area contributed by atoms with Crippen molar-refractivity contribution in [2.75, 3.05) is 0 Å². The predicted octanol–water partition coefficient (Wildman–Crippen LogP) is 8.15. The fourth-order valence-corrected chi connectivity index (χ4v) is 9.60. The maximum atomic E-state index is 6.30. The lowest BCUT2D eigenvalue weighted by atomic mass is 9.44. The Morgan fingerprint density at radius 2 is 1.70 bits per heavy atom. The molecular weight excluding hydrogens is 402 g/mol. The summed E-state index contributed by atoms with van der Waals surface area (Å²) in [6, 6.07) is 9.37. The standard InChI is InChI=1S/C31H43NO/c1-20(2)33-25-11-14-30(3)24(18-25)7-8-26-28-10-9-27(31(28,4)15-12-29(26)30)22-6-5-21-13-16-32-19-23(21)17-22/h5-6,13,16-17,19-20,24-29H,7-12,14-15,18H2,1-4H3/t24-,25-,26-,27+,28-,29-,30-,31+/m0/s1. The third kappa shape index (κ3) is 3.49. The van der Waals surface area contributed by atoms with Crippen LogP contribution in [-0.4, -0.2) is 17.2 Å². The summed E-state index contributed by atoms with van der Waals surface area (Å²) in [6.07, 6.45) is 17.4. The van der Waals surface area contributed by atoms with Crippen LogP contribution in [0.3, 0.4) is 0 Å². The van der Waals surface area contributed by atoms with Gasteiger partial charge in [0.05, 0.1) is 12.2 Å². The van der Waals surface area contributed by atoms with Gasteiger partial charge >= 0.3 is 0 Å². The molecule has 8 atom stereocenters. The van der Waals surface area contributed by atoms with Gasteiger partial charge in [0.15, 0.2) is 0 Å². The van der Waals surface area contributed by atoms with E-state index < -0.39 is 0 Å². The van der Waals surface area contributed by atoms with Crippen LogP contribution in [0.5, 0.6) is 0 Å². The predicted molar refractivity (Wildman–Crippen MR) is 136 cm³/mol. The second-order valence-corrected chi connectivity index (χ2v) is 12.9. The highest BCUT2D eigenvalue weighted by Gasteiger charge is 2.60. The molecule has 178 valence electrons. The zero-order valence-electron chi connectivity index (χ0n) is 21.2. The highest BCUT2D eigenvalue weighted by Crippen LogP contribution is 2.69. The van der Waals surface area contributed by atoms with Gasteiger partial charge in [0.1, 0.15) is 0 Å². The fourth-order valence-electron chi connectivity index (χ4n) is 9.60. The quantitative estimate of drug-likeness (QED) is 0.475. The fraction of sp³-hybridized carbons (Fsp3) is 0.710. The van der Waals surface area contributed by atoms with Crippen molar-refractivity contribution in [2.45, 2.75) is 104 Å². The molecule has 1 heterocycles. The lowest BCUT2D eigenvalue weighted by Crippen LogP contribution is -2.54. The van der Waals surface area contributed by atoms with Crippen LogP contribution in [0.2, 0.25) is 0 Å². The molecule has 1 aromatic heterocycles. The first-order valence-electron chi connectivity index (χ1n) is 13.9. The molecule has 0 amide bonds. The lowest BCUT2D eigenvalue weighted by molar-refractivity contribution is -0.137. The average Bonchev–Trinajstić information content (AvgIpc) is 3.16. The molecule has 1 aromatic carbocycles. The topological polar surface area (TPSA) is 22.1 Å². The maximum Gasteiger partial charge on any atom is 0.0581 e. The molecule has 0 unspecified atom stereocenters. The number of ether oxygens (including phenoxy) is 1. The zero-order chi connectivity index (χ0) is 22.8. The van der Waals surface area contributed by atoms with Gasteiger partial charge in [0.25, 0.3) is 0 Å². The molecule has 2 aromatic rings. The minimum absolute atomic E-state index is 0.368. The smallest absolute Gasteiger partial charge is 0.0581 e. The van der Waals surface area contributed by atoms with Crippen LogP contribution in [0.1, 0.15) is 97.0 Å². The summed E-state index contributed by atoms with van der Waals surface area (Å²) in [6.45, 7) is 9.76. The first-order valence-corrected chi connectivity index (χ1v) is 13.9. The summed E-state index contributed by atoms with van der Waals surface area (Å²) in [5.41, 5.74) is 2.59. The summed E-state index contributed by atoms with van der Waals surface area (Å²) < 4.78 is 6.30. The average molecular weight is 446 g/mol. The van der Waals surface area contributed by atoms with Crippen LogP contribution in [0.25, 0.3) is 10.8 Å². The van der Waals surface area contributed by atoms with Gasteiger partial charge in [-0.25, -0.2) is 0 Å². The Labute approximate surface area is 200 Å². The van der Waals surface area contributed by atoms with Gasteiger partial charge in [-0.15, -0.1) is 0 Å². The van der Waals surface area contributed by atoms with E-state index in [1.807, 2.05) is 12.4 Å². The van der Waals surface area contributed by atoms with Crippen molar-refractivity contribution < 1.29 is 4.74 Å². The molecule has 4 fully saturated rings. The van der Waals surface area contributed by atoms with E-state index in [1.54, 1.807) is 5.56 Å². The Kier molecular flexibility index (Phi) is 5.40. The molecular formula is C31H43NO. The van der Waals surface area contributed by atoms with Crippen molar-refractivity contribution in [3.05, 3.63) is 42.2 Å². The van der Waals surface area contributed by atoms with Crippen molar-refractivity contribution >= 4 is 10.8 Å². The van der Waals surface area contributed by atoms with Crippen molar-refractivity contribution in [3.8, 4) is 0 Å². The Morgan fingerprint density at radius 1 is 0.879 bits per heavy atom. The van der Waals surface area contributed by atoms with Crippen LogP contribution in [0.15, 0.2) is 36.7 Å². The summed E-state index contributed by atoms with van der Waals surface area (Å²) in [4.78, 5) is 4.39. The van der Waals surface area contributed by atoms with E-state index in [-0.39, 0.29) is 0 Å². The second kappa shape index (κ2) is 8.08. The van der Waals surface area contributed by atoms with E-state index in [0.29, 0.717) is 29.0 Å². The largest absolute Gasteiger partial charge is 0.376 e. The number of pyridine rings is 1. The van der Waals surface area contributed by atoms with E-state index in [1.165, 1.54) is 68.6 Å². The molecule has 4 saturated carbocycles. The van der Waals surface area contributed by atoms with Gasteiger partial charge in [-0.2, -0.15) is 0 Å². The molecule has 0 radical (unpaired) electrons. The van der Waals surface area contributed by atoms with Crippen molar-refractivity contribution in [2.24, 2.45) is 34.5 Å². The summed E-state index contributed by atoms with van der Waals surface area (Å²) >= 11 is 0. The van der Waals surface area contributed by atoms with Gasteiger partial charge < -0.3 is 4.74 Å². The number of rotatable bonds is 3. The molecule has 4 aliphatic carbocycles. The number of hydrogen-bond donors (Lipinski definition) is 0. The van der Waals surface area contributed by atoms with Crippen LogP contribution < -0.4 is 0 Å². The second-order valence-electron chi connectivity index (χ2n) is 12.9. The summed E-state index contributed by atoms with van der Waals surface area (Å²) in [5, 5.41) is 2.63. The Morgan fingerprint density at radius 3 is 2.55 bits per heavy atom. The number of benzene rings is 1. The van der Waals surface area contributed by atoms with Crippen LogP contribution >= 0.6 is 0 Å². The number of fused-ring (bicyclic) bond motifs is 6. The molecule has 6 rings (SSSR count). The molecule has 2 nitrogen and oxygen atoms in total. The molecule has 33 heavy (non-hydrogen) atoms. The molecule has 2 heteroatoms. The van der Waals surface area contributed by atoms with E-state index in [4.69, 9.17) is 4.74 Å². The van der Waals surface area contributed by atoms with Crippen molar-refractivity contribution in [1.29, 1.82) is 0 Å². The Balaban J connectivity index is 1.24. The van der Waals surface area contributed by atoms with E-state index >= 15 is 0 Å². The van der Waals surface area contributed by atoms with Gasteiger partial charge in [0.2, 0.25) is 0 Å². The highest BCUT2D eigenvalue weighted by atomic mass is 16.5. The minimum Gasteiger partial charge on any atom is -0.376 e. The van der Waals surface area contributed by atoms with Crippen molar-refractivity contribution in [3.63, 3.8) is 0 Å². The van der Waals surface area contributed by atoms with E-state index in [0.717, 1.165) is 23.7 Å². The number of aromatic nitrogens is 1. The summed E-state index contributed by atoms with van der Waals surface area (Å²) in [5.74, 6) is 4.39. The van der Waals surface area contributed by atoms with Gasteiger partial charge in [0, 0.05) is 17.8 Å². The highest BCUT2D eigenvalue weighted by molar-refractivity contribution is 5.82.